The third-order valence-corrected chi connectivity index (χ3v) is 5.96. The first kappa shape index (κ1) is 17.8. The number of benzene rings is 1. The van der Waals surface area contributed by atoms with Crippen LogP contribution in [-0.4, -0.2) is 62.9 Å². The largest absolute Gasteiger partial charge is 0.349 e. The maximum atomic E-state index is 12.6. The van der Waals surface area contributed by atoms with E-state index in [1.807, 2.05) is 30.3 Å². The molecule has 0 spiro atoms. The molecule has 2 fully saturated rings. The summed E-state index contributed by atoms with van der Waals surface area (Å²) in [4.78, 5) is 52.4. The van der Waals surface area contributed by atoms with Crippen LogP contribution in [0.25, 0.3) is 0 Å². The average Bonchev–Trinajstić information content (AvgIpc) is 3.08. The molecule has 0 N–H and O–H groups in total. The minimum Gasteiger partial charge on any atom is -0.349 e. The van der Waals surface area contributed by atoms with Crippen LogP contribution in [0.5, 0.6) is 0 Å². The van der Waals surface area contributed by atoms with Crippen molar-refractivity contribution in [2.75, 3.05) is 30.3 Å². The van der Waals surface area contributed by atoms with Gasteiger partial charge in [0.05, 0.1) is 5.75 Å². The molecule has 0 saturated carbocycles. The Balaban J connectivity index is 1.81. The Labute approximate surface area is 153 Å². The molecule has 2 heterocycles. The summed E-state index contributed by atoms with van der Waals surface area (Å²) in [7, 11) is 0. The smallest absolute Gasteiger partial charge is 0.290 e. The van der Waals surface area contributed by atoms with Gasteiger partial charge in [0.2, 0.25) is 5.91 Å². The standard InChI is InChI=1S/C16H17N3O4S2/c1-2-17-13(21)14(25-16(17)23)18(11-6-4-3-5-7-11)8-9-19-12(20)10-24-15(19)22/h3-7,14H,2,8-10H2,1H3. The minimum absolute atomic E-state index is 0.156. The van der Waals surface area contributed by atoms with Gasteiger partial charge in [-0.1, -0.05) is 30.0 Å². The lowest BCUT2D eigenvalue weighted by molar-refractivity contribution is -0.126. The Morgan fingerprint density at radius 3 is 2.36 bits per heavy atom. The SMILES string of the molecule is CCN1C(=O)SC(N(CCN2C(=O)CSC2=O)c2ccccc2)C1=O. The van der Waals surface area contributed by atoms with Gasteiger partial charge in [0.25, 0.3) is 16.4 Å². The molecule has 132 valence electrons. The molecule has 4 amide bonds. The van der Waals surface area contributed by atoms with Crippen LogP contribution < -0.4 is 4.90 Å². The highest BCUT2D eigenvalue weighted by Crippen LogP contribution is 2.32. The highest BCUT2D eigenvalue weighted by molar-refractivity contribution is 8.15. The lowest BCUT2D eigenvalue weighted by Gasteiger charge is -2.30. The summed E-state index contributed by atoms with van der Waals surface area (Å²) >= 11 is 1.95. The van der Waals surface area contributed by atoms with Crippen LogP contribution in [0.2, 0.25) is 0 Å². The van der Waals surface area contributed by atoms with Crippen molar-refractivity contribution in [3.63, 3.8) is 0 Å². The van der Waals surface area contributed by atoms with E-state index in [2.05, 4.69) is 0 Å². The van der Waals surface area contributed by atoms with Crippen molar-refractivity contribution in [2.45, 2.75) is 12.3 Å². The van der Waals surface area contributed by atoms with Crippen LogP contribution in [-0.2, 0) is 9.59 Å². The van der Waals surface area contributed by atoms with Crippen LogP contribution in [0, 0.1) is 0 Å². The van der Waals surface area contributed by atoms with Gasteiger partial charge in [0, 0.05) is 25.3 Å². The first-order valence-corrected chi connectivity index (χ1v) is 9.70. The van der Waals surface area contributed by atoms with Crippen molar-refractivity contribution >= 4 is 51.5 Å². The number of carbonyl (C=O) groups excluding carboxylic acids is 4. The average molecular weight is 379 g/mol. The first-order chi connectivity index (χ1) is 12.0. The molecule has 1 aromatic carbocycles. The Bertz CT molecular complexity index is 697. The highest BCUT2D eigenvalue weighted by atomic mass is 32.2. The second kappa shape index (κ2) is 7.49. The molecule has 0 radical (unpaired) electrons. The molecule has 0 bridgehead atoms. The van der Waals surface area contributed by atoms with Crippen LogP contribution in [0.15, 0.2) is 30.3 Å². The van der Waals surface area contributed by atoms with E-state index < -0.39 is 5.37 Å². The second-order valence-corrected chi connectivity index (χ2v) is 7.41. The number of imide groups is 2. The van der Waals surface area contributed by atoms with Crippen molar-refractivity contribution in [1.82, 2.24) is 9.80 Å². The quantitative estimate of drug-likeness (QED) is 0.750. The summed E-state index contributed by atoms with van der Waals surface area (Å²) in [5.41, 5.74) is 0.769. The van der Waals surface area contributed by atoms with Gasteiger partial charge < -0.3 is 4.90 Å². The fourth-order valence-electron chi connectivity index (χ4n) is 2.72. The van der Waals surface area contributed by atoms with Gasteiger partial charge in [-0.15, -0.1) is 0 Å². The van der Waals surface area contributed by atoms with Crippen molar-refractivity contribution in [3.8, 4) is 0 Å². The molecular formula is C16H17N3O4S2. The third kappa shape index (κ3) is 3.52. The Morgan fingerprint density at radius 2 is 1.80 bits per heavy atom. The maximum Gasteiger partial charge on any atom is 0.290 e. The van der Waals surface area contributed by atoms with Gasteiger partial charge in [0.15, 0.2) is 5.37 Å². The molecule has 3 rings (SSSR count). The summed E-state index contributed by atoms with van der Waals surface area (Å²) in [6.45, 7) is 2.55. The number of amides is 4. The van der Waals surface area contributed by atoms with E-state index in [1.165, 1.54) is 9.80 Å². The molecule has 0 aliphatic carbocycles. The Kier molecular flexibility index (Phi) is 5.33. The van der Waals surface area contributed by atoms with Crippen LogP contribution >= 0.6 is 23.5 Å². The third-order valence-electron chi connectivity index (χ3n) is 4.00. The summed E-state index contributed by atoms with van der Waals surface area (Å²) in [6, 6.07) is 9.23. The molecule has 2 aliphatic rings. The van der Waals surface area contributed by atoms with Crippen LogP contribution in [0.4, 0.5) is 15.3 Å². The normalized spacial score (nSPS) is 20.8. The van der Waals surface area contributed by atoms with Crippen molar-refractivity contribution in [1.29, 1.82) is 0 Å². The van der Waals surface area contributed by atoms with E-state index in [0.29, 0.717) is 6.54 Å². The number of likely N-dealkylation sites (N-methyl/N-ethyl adjacent to an activating group) is 1. The predicted octanol–water partition coefficient (Wildman–Crippen LogP) is 2.23. The zero-order valence-corrected chi connectivity index (χ0v) is 15.2. The number of hydrogen-bond acceptors (Lipinski definition) is 7. The fourth-order valence-corrected chi connectivity index (χ4v) is 4.59. The lowest BCUT2D eigenvalue weighted by Crippen LogP contribution is -2.45. The Hall–Kier alpha value is -2.00. The van der Waals surface area contributed by atoms with Gasteiger partial charge in [0.1, 0.15) is 0 Å². The number of carbonyl (C=O) groups is 4. The van der Waals surface area contributed by atoms with E-state index in [0.717, 1.165) is 29.2 Å². The van der Waals surface area contributed by atoms with E-state index in [-0.39, 0.29) is 41.1 Å². The topological polar surface area (TPSA) is 78.0 Å². The monoisotopic (exact) mass is 379 g/mol. The summed E-state index contributed by atoms with van der Waals surface area (Å²) in [6.07, 6.45) is 0. The number of thioether (sulfide) groups is 2. The van der Waals surface area contributed by atoms with Crippen LogP contribution in [0.1, 0.15) is 6.92 Å². The number of rotatable bonds is 6. The maximum absolute atomic E-state index is 12.6. The molecule has 9 heteroatoms. The Morgan fingerprint density at radius 1 is 1.08 bits per heavy atom. The zero-order chi connectivity index (χ0) is 18.0. The van der Waals surface area contributed by atoms with Gasteiger partial charge in [-0.3, -0.25) is 29.0 Å². The van der Waals surface area contributed by atoms with E-state index in [9.17, 15) is 19.2 Å². The molecule has 1 unspecified atom stereocenters. The molecule has 1 atom stereocenters. The summed E-state index contributed by atoms with van der Waals surface area (Å²) < 4.78 is 0. The highest BCUT2D eigenvalue weighted by Gasteiger charge is 2.43. The molecule has 2 aliphatic heterocycles. The number of para-hydroxylation sites is 1. The molecule has 2 saturated heterocycles. The molecule has 0 aromatic heterocycles. The number of nitrogens with zero attached hydrogens (tertiary/aromatic N) is 3. The van der Waals surface area contributed by atoms with Gasteiger partial charge in [-0.2, -0.15) is 0 Å². The van der Waals surface area contributed by atoms with E-state index in [4.69, 9.17) is 0 Å². The predicted molar refractivity (Wildman–Crippen MR) is 97.5 cm³/mol. The minimum atomic E-state index is -0.685. The van der Waals surface area contributed by atoms with Gasteiger partial charge in [-0.05, 0) is 30.8 Å². The number of hydrogen-bond donors (Lipinski definition) is 0. The fraction of sp³-hybridized carbons (Fsp3) is 0.375. The van der Waals surface area contributed by atoms with Crippen molar-refractivity contribution in [2.24, 2.45) is 0 Å². The lowest BCUT2D eigenvalue weighted by atomic mass is 10.2. The van der Waals surface area contributed by atoms with Gasteiger partial charge >= 0.3 is 0 Å². The first-order valence-electron chi connectivity index (χ1n) is 7.83. The molecular weight excluding hydrogens is 362 g/mol. The number of anilines is 1. The van der Waals surface area contributed by atoms with Crippen LogP contribution in [0.3, 0.4) is 0 Å². The van der Waals surface area contributed by atoms with Gasteiger partial charge in [-0.25, -0.2) is 0 Å². The zero-order valence-electron chi connectivity index (χ0n) is 13.6. The molecule has 1 aromatic rings. The summed E-state index contributed by atoms with van der Waals surface area (Å²) in [5.74, 6) is -0.335. The van der Waals surface area contributed by atoms with Crippen molar-refractivity contribution in [3.05, 3.63) is 30.3 Å². The van der Waals surface area contributed by atoms with Crippen molar-refractivity contribution < 1.29 is 19.2 Å². The second-order valence-electron chi connectivity index (χ2n) is 5.45. The van der Waals surface area contributed by atoms with E-state index in [1.54, 1.807) is 11.8 Å². The summed E-state index contributed by atoms with van der Waals surface area (Å²) in [5, 5.41) is -1.23. The van der Waals surface area contributed by atoms with E-state index >= 15 is 0 Å². The molecule has 7 nitrogen and oxygen atoms in total. The molecule has 25 heavy (non-hydrogen) atoms.